The minimum absolute atomic E-state index is 0.0488. The number of morpholine rings is 1. The molecule has 0 aliphatic carbocycles. The van der Waals surface area contributed by atoms with Gasteiger partial charge in [-0.3, -0.25) is 5.32 Å². The number of carbonyl (C=O) groups excluding carboxylic acids is 2. The lowest BCUT2D eigenvalue weighted by atomic mass is 10.1. The van der Waals surface area contributed by atoms with Crippen LogP contribution in [0.5, 0.6) is 5.75 Å². The Labute approximate surface area is 208 Å². The quantitative estimate of drug-likeness (QED) is 0.480. The molecule has 10 heteroatoms. The smallest absolute Gasteiger partial charge is 0.417 e. The molecule has 0 spiro atoms. The molecular formula is C26H27FN4O5. The number of carbonyl (C=O) groups is 2. The van der Waals surface area contributed by atoms with E-state index in [-0.39, 0.29) is 29.4 Å². The van der Waals surface area contributed by atoms with Crippen LogP contribution >= 0.6 is 0 Å². The standard InChI is InChI=1S/C26H27FN4O5/c1-3-19-22(25(32)35-4-2)29-23(30-24(19)31-12-14-34-15-13-31)20-11-10-17(16-21(20)27)28-26(33)36-18-8-6-5-7-9-18/h5-11,16H,3-4,12-15H2,1-2H3,(H,28,33). The van der Waals surface area contributed by atoms with Crippen molar-refractivity contribution in [3.63, 3.8) is 0 Å². The molecule has 188 valence electrons. The highest BCUT2D eigenvalue weighted by atomic mass is 19.1. The third-order valence-electron chi connectivity index (χ3n) is 5.53. The number of nitrogens with zero attached hydrogens (tertiary/aromatic N) is 3. The van der Waals surface area contributed by atoms with E-state index in [2.05, 4.69) is 15.3 Å². The summed E-state index contributed by atoms with van der Waals surface area (Å²) >= 11 is 0. The number of anilines is 2. The number of halogens is 1. The maximum absolute atomic E-state index is 15.2. The van der Waals surface area contributed by atoms with Gasteiger partial charge in [0, 0.05) is 24.3 Å². The Morgan fingerprint density at radius 1 is 1.08 bits per heavy atom. The van der Waals surface area contributed by atoms with Crippen molar-refractivity contribution in [2.75, 3.05) is 43.1 Å². The van der Waals surface area contributed by atoms with Gasteiger partial charge in [0.2, 0.25) is 0 Å². The van der Waals surface area contributed by atoms with Gasteiger partial charge in [0.1, 0.15) is 17.4 Å². The van der Waals surface area contributed by atoms with Gasteiger partial charge in [-0.15, -0.1) is 0 Å². The van der Waals surface area contributed by atoms with Crippen LogP contribution in [-0.2, 0) is 15.9 Å². The van der Waals surface area contributed by atoms with Crippen LogP contribution in [0.15, 0.2) is 48.5 Å². The highest BCUT2D eigenvalue weighted by Gasteiger charge is 2.26. The average Bonchev–Trinajstić information content (AvgIpc) is 2.89. The monoisotopic (exact) mass is 494 g/mol. The first kappa shape index (κ1) is 25.1. The van der Waals surface area contributed by atoms with Gasteiger partial charge in [0.05, 0.1) is 25.4 Å². The Bertz CT molecular complexity index is 1230. The topological polar surface area (TPSA) is 103 Å². The summed E-state index contributed by atoms with van der Waals surface area (Å²) in [6, 6.07) is 12.6. The van der Waals surface area contributed by atoms with Crippen LogP contribution < -0.4 is 15.0 Å². The zero-order chi connectivity index (χ0) is 25.5. The molecule has 0 bridgehead atoms. The minimum atomic E-state index is -0.754. The first-order valence-electron chi connectivity index (χ1n) is 11.7. The summed E-state index contributed by atoms with van der Waals surface area (Å²) in [6.07, 6.45) is -0.258. The third-order valence-corrected chi connectivity index (χ3v) is 5.53. The normalized spacial score (nSPS) is 13.2. The summed E-state index contributed by atoms with van der Waals surface area (Å²) in [5, 5.41) is 2.50. The molecule has 0 saturated carbocycles. The number of rotatable bonds is 7. The molecule has 3 aromatic rings. The summed E-state index contributed by atoms with van der Waals surface area (Å²) in [6.45, 7) is 6.00. The number of hydrogen-bond donors (Lipinski definition) is 1. The van der Waals surface area contributed by atoms with E-state index in [1.807, 2.05) is 11.8 Å². The Hall–Kier alpha value is -4.05. The Morgan fingerprint density at radius 2 is 1.83 bits per heavy atom. The molecule has 0 unspecified atom stereocenters. The van der Waals surface area contributed by atoms with Crippen LogP contribution in [0.25, 0.3) is 11.4 Å². The highest BCUT2D eigenvalue weighted by Crippen LogP contribution is 2.29. The number of aromatic nitrogens is 2. The van der Waals surface area contributed by atoms with E-state index in [0.717, 1.165) is 6.07 Å². The predicted octanol–water partition coefficient (Wildman–Crippen LogP) is 4.47. The van der Waals surface area contributed by atoms with Crippen molar-refractivity contribution < 1.29 is 28.2 Å². The van der Waals surface area contributed by atoms with Crippen LogP contribution in [0.1, 0.15) is 29.9 Å². The van der Waals surface area contributed by atoms with E-state index in [1.54, 1.807) is 37.3 Å². The molecule has 1 N–H and O–H groups in total. The molecule has 2 heterocycles. The van der Waals surface area contributed by atoms with E-state index in [4.69, 9.17) is 14.2 Å². The molecule has 0 atom stereocenters. The van der Waals surface area contributed by atoms with E-state index < -0.39 is 17.9 Å². The van der Waals surface area contributed by atoms with Crippen molar-refractivity contribution in [3.05, 3.63) is 65.6 Å². The molecule has 9 nitrogen and oxygen atoms in total. The highest BCUT2D eigenvalue weighted by molar-refractivity contribution is 5.91. The lowest BCUT2D eigenvalue weighted by Gasteiger charge is -2.30. The second-order valence-electron chi connectivity index (χ2n) is 7.89. The second-order valence-corrected chi connectivity index (χ2v) is 7.89. The van der Waals surface area contributed by atoms with E-state index in [0.29, 0.717) is 49.9 Å². The van der Waals surface area contributed by atoms with Crippen LogP contribution in [0.2, 0.25) is 0 Å². The summed E-state index contributed by atoms with van der Waals surface area (Å²) < 4.78 is 31.1. The fourth-order valence-electron chi connectivity index (χ4n) is 3.84. The van der Waals surface area contributed by atoms with E-state index in [1.165, 1.54) is 12.1 Å². The van der Waals surface area contributed by atoms with Gasteiger partial charge < -0.3 is 19.1 Å². The van der Waals surface area contributed by atoms with Crippen molar-refractivity contribution >= 4 is 23.6 Å². The first-order chi connectivity index (χ1) is 17.5. The van der Waals surface area contributed by atoms with Crippen molar-refractivity contribution in [1.82, 2.24) is 9.97 Å². The van der Waals surface area contributed by atoms with Gasteiger partial charge >= 0.3 is 12.1 Å². The number of hydrogen-bond acceptors (Lipinski definition) is 8. The van der Waals surface area contributed by atoms with Crippen LogP contribution in [0.4, 0.5) is 20.7 Å². The van der Waals surface area contributed by atoms with Gasteiger partial charge in [-0.1, -0.05) is 25.1 Å². The molecule has 1 fully saturated rings. The van der Waals surface area contributed by atoms with Crippen LogP contribution in [0, 0.1) is 5.82 Å². The first-order valence-corrected chi connectivity index (χ1v) is 11.7. The molecule has 0 radical (unpaired) electrons. The van der Waals surface area contributed by atoms with Gasteiger partial charge in [-0.25, -0.2) is 23.9 Å². The second kappa shape index (κ2) is 11.6. The summed E-state index contributed by atoms with van der Waals surface area (Å²) in [5.41, 5.74) is 1.03. The van der Waals surface area contributed by atoms with Crippen LogP contribution in [0.3, 0.4) is 0 Å². The maximum atomic E-state index is 15.2. The molecule has 1 aliphatic heterocycles. The average molecular weight is 495 g/mol. The zero-order valence-corrected chi connectivity index (χ0v) is 20.1. The van der Waals surface area contributed by atoms with Gasteiger partial charge in [0.25, 0.3) is 0 Å². The number of benzene rings is 2. The molecule has 1 aliphatic rings. The number of nitrogens with one attached hydrogen (secondary N) is 1. The minimum Gasteiger partial charge on any atom is -0.461 e. The van der Waals surface area contributed by atoms with Crippen LogP contribution in [-0.4, -0.2) is 54.9 Å². The number of para-hydroxylation sites is 1. The predicted molar refractivity (Wildman–Crippen MR) is 132 cm³/mol. The number of esters is 1. The lowest BCUT2D eigenvalue weighted by molar-refractivity contribution is 0.0518. The fourth-order valence-corrected chi connectivity index (χ4v) is 3.84. The summed E-state index contributed by atoms with van der Waals surface area (Å²) in [7, 11) is 0. The Morgan fingerprint density at radius 3 is 2.50 bits per heavy atom. The Balaban J connectivity index is 1.66. The lowest BCUT2D eigenvalue weighted by Crippen LogP contribution is -2.38. The SMILES string of the molecule is CCOC(=O)c1nc(-c2ccc(NC(=O)Oc3ccccc3)cc2F)nc(N2CCOCC2)c1CC. The van der Waals surface area contributed by atoms with Gasteiger partial charge in [0.15, 0.2) is 11.5 Å². The van der Waals surface area contributed by atoms with Crippen molar-refractivity contribution in [1.29, 1.82) is 0 Å². The van der Waals surface area contributed by atoms with Gasteiger partial charge in [-0.2, -0.15) is 0 Å². The molecular weight excluding hydrogens is 467 g/mol. The van der Waals surface area contributed by atoms with E-state index in [9.17, 15) is 9.59 Å². The van der Waals surface area contributed by atoms with E-state index >= 15 is 4.39 Å². The largest absolute Gasteiger partial charge is 0.461 e. The van der Waals surface area contributed by atoms with Crippen molar-refractivity contribution in [3.8, 4) is 17.1 Å². The summed E-state index contributed by atoms with van der Waals surface area (Å²) in [4.78, 5) is 36.0. The third kappa shape index (κ3) is 5.77. The number of ether oxygens (including phenoxy) is 3. The van der Waals surface area contributed by atoms with Crippen molar-refractivity contribution in [2.24, 2.45) is 0 Å². The fraction of sp³-hybridized carbons (Fsp3) is 0.308. The number of amides is 1. The molecule has 1 aromatic heterocycles. The van der Waals surface area contributed by atoms with Crippen molar-refractivity contribution in [2.45, 2.75) is 20.3 Å². The molecule has 1 amide bonds. The molecule has 2 aromatic carbocycles. The molecule has 1 saturated heterocycles. The van der Waals surface area contributed by atoms with Gasteiger partial charge in [-0.05, 0) is 43.7 Å². The molecule has 36 heavy (non-hydrogen) atoms. The zero-order valence-electron chi connectivity index (χ0n) is 20.1. The maximum Gasteiger partial charge on any atom is 0.417 e. The summed E-state index contributed by atoms with van der Waals surface area (Å²) in [5.74, 6) is -0.289. The molecule has 4 rings (SSSR count). The Kier molecular flexibility index (Phi) is 8.06.